The number of hydrogen-bond donors (Lipinski definition) is 1. The second-order valence-corrected chi connectivity index (χ2v) is 6.29. The molecule has 0 aliphatic heterocycles. The molecule has 0 aliphatic carbocycles. The molecule has 0 atom stereocenters. The number of esters is 1. The molecule has 2 aromatic carbocycles. The number of aryl methyl sites for hydroxylation is 1. The van der Waals surface area contributed by atoms with Crippen LogP contribution in [0.4, 0.5) is 11.4 Å². The second-order valence-electron chi connectivity index (χ2n) is 6.29. The molecule has 3 aromatic rings. The molecule has 0 bridgehead atoms. The van der Waals surface area contributed by atoms with Gasteiger partial charge in [0.05, 0.1) is 4.92 Å². The first kappa shape index (κ1) is 19.7. The molecule has 1 N–H and O–H groups in total. The summed E-state index contributed by atoms with van der Waals surface area (Å²) in [6, 6.07) is 10.2. The number of ether oxygens (including phenoxy) is 1. The summed E-state index contributed by atoms with van der Waals surface area (Å²) >= 11 is 0. The van der Waals surface area contributed by atoms with Gasteiger partial charge in [0.25, 0.3) is 5.69 Å². The van der Waals surface area contributed by atoms with E-state index in [2.05, 4.69) is 5.32 Å². The van der Waals surface area contributed by atoms with E-state index in [1.54, 1.807) is 12.1 Å². The molecule has 0 aliphatic rings. The van der Waals surface area contributed by atoms with Crippen LogP contribution in [0.3, 0.4) is 0 Å². The molecule has 1 amide bonds. The minimum absolute atomic E-state index is 0.171. The fourth-order valence-electron chi connectivity index (χ4n) is 2.92. The number of benzene rings is 2. The Kier molecular flexibility index (Phi) is 5.40. The zero-order chi connectivity index (χ0) is 21.1. The Bertz CT molecular complexity index is 1200. The molecule has 0 saturated carbocycles. The molecule has 0 fully saturated rings. The van der Waals surface area contributed by atoms with E-state index < -0.39 is 16.5 Å². The van der Waals surface area contributed by atoms with E-state index in [9.17, 15) is 24.5 Å². The maximum absolute atomic E-state index is 12.4. The first-order chi connectivity index (χ1) is 13.8. The van der Waals surface area contributed by atoms with Gasteiger partial charge in [0.2, 0.25) is 5.91 Å². The van der Waals surface area contributed by atoms with E-state index in [4.69, 9.17) is 9.15 Å². The number of carbonyl (C=O) groups excluding carboxylic acids is 2. The van der Waals surface area contributed by atoms with Crippen molar-refractivity contribution >= 4 is 34.2 Å². The van der Waals surface area contributed by atoms with E-state index in [-0.39, 0.29) is 29.3 Å². The van der Waals surface area contributed by atoms with Crippen molar-refractivity contribution in [1.82, 2.24) is 0 Å². The number of rotatable bonds is 5. The number of nitrogens with zero attached hydrogens (tertiary/aromatic N) is 1. The fourth-order valence-corrected chi connectivity index (χ4v) is 2.92. The van der Waals surface area contributed by atoms with Crippen LogP contribution in [0.5, 0.6) is 0 Å². The Morgan fingerprint density at radius 2 is 1.97 bits per heavy atom. The van der Waals surface area contributed by atoms with Gasteiger partial charge in [0.15, 0.2) is 0 Å². The highest BCUT2D eigenvalue weighted by molar-refractivity contribution is 5.95. The van der Waals surface area contributed by atoms with Crippen molar-refractivity contribution in [3.8, 4) is 0 Å². The van der Waals surface area contributed by atoms with Crippen LogP contribution in [0.1, 0.15) is 28.4 Å². The maximum Gasteiger partial charge on any atom is 0.345 e. The molecule has 0 saturated heterocycles. The predicted molar refractivity (Wildman–Crippen MR) is 104 cm³/mol. The summed E-state index contributed by atoms with van der Waals surface area (Å²) in [4.78, 5) is 46.1. The molecule has 3 rings (SSSR count). The molecule has 9 heteroatoms. The van der Waals surface area contributed by atoms with Gasteiger partial charge in [-0.2, -0.15) is 0 Å². The average molecular weight is 396 g/mol. The lowest BCUT2D eigenvalue weighted by atomic mass is 10.1. The number of nitro benzene ring substituents is 1. The monoisotopic (exact) mass is 396 g/mol. The van der Waals surface area contributed by atoms with Gasteiger partial charge < -0.3 is 14.5 Å². The third kappa shape index (κ3) is 4.29. The number of para-hydroxylation sites is 1. The van der Waals surface area contributed by atoms with Crippen LogP contribution in [0, 0.1) is 17.0 Å². The SMILES string of the molecule is CC(=O)Nc1ccc2c(COC(=O)c3cccc(C)c3[N+](=O)[O-])cc(=O)oc2c1. The van der Waals surface area contributed by atoms with Crippen molar-refractivity contribution in [2.24, 2.45) is 0 Å². The summed E-state index contributed by atoms with van der Waals surface area (Å²) in [5, 5.41) is 14.3. The topological polar surface area (TPSA) is 129 Å². The van der Waals surface area contributed by atoms with Crippen LogP contribution < -0.4 is 10.9 Å². The van der Waals surface area contributed by atoms with E-state index in [1.165, 1.54) is 44.2 Å². The van der Waals surface area contributed by atoms with Gasteiger partial charge in [-0.05, 0) is 25.1 Å². The zero-order valence-electron chi connectivity index (χ0n) is 15.6. The van der Waals surface area contributed by atoms with Crippen LogP contribution in [0.25, 0.3) is 11.0 Å². The number of nitrogens with one attached hydrogen (secondary N) is 1. The summed E-state index contributed by atoms with van der Waals surface area (Å²) < 4.78 is 10.4. The number of anilines is 1. The average Bonchev–Trinajstić information content (AvgIpc) is 2.64. The van der Waals surface area contributed by atoms with Crippen LogP contribution in [-0.4, -0.2) is 16.8 Å². The van der Waals surface area contributed by atoms with E-state index in [0.717, 1.165) is 0 Å². The fraction of sp³-hybridized carbons (Fsp3) is 0.150. The van der Waals surface area contributed by atoms with Gasteiger partial charge >= 0.3 is 11.6 Å². The largest absolute Gasteiger partial charge is 0.457 e. The van der Waals surface area contributed by atoms with Gasteiger partial charge in [-0.15, -0.1) is 0 Å². The third-order valence-corrected chi connectivity index (χ3v) is 4.15. The van der Waals surface area contributed by atoms with E-state index in [0.29, 0.717) is 22.2 Å². The quantitative estimate of drug-likeness (QED) is 0.303. The molecular formula is C20H16N2O7. The molecule has 148 valence electrons. The van der Waals surface area contributed by atoms with Crippen molar-refractivity contribution in [3.05, 3.63) is 79.7 Å². The molecular weight excluding hydrogens is 380 g/mol. The first-order valence-electron chi connectivity index (χ1n) is 8.52. The van der Waals surface area contributed by atoms with E-state index >= 15 is 0 Å². The summed E-state index contributed by atoms with van der Waals surface area (Å²) in [7, 11) is 0. The third-order valence-electron chi connectivity index (χ3n) is 4.15. The molecule has 0 radical (unpaired) electrons. The van der Waals surface area contributed by atoms with Crippen molar-refractivity contribution in [2.75, 3.05) is 5.32 Å². The van der Waals surface area contributed by atoms with Crippen LogP contribution in [-0.2, 0) is 16.1 Å². The first-order valence-corrected chi connectivity index (χ1v) is 8.52. The highest BCUT2D eigenvalue weighted by atomic mass is 16.6. The van der Waals surface area contributed by atoms with Crippen LogP contribution >= 0.6 is 0 Å². The minimum atomic E-state index is -0.878. The highest BCUT2D eigenvalue weighted by Crippen LogP contribution is 2.25. The van der Waals surface area contributed by atoms with Crippen LogP contribution in [0.2, 0.25) is 0 Å². The molecule has 1 heterocycles. The van der Waals surface area contributed by atoms with E-state index in [1.807, 2.05) is 0 Å². The Morgan fingerprint density at radius 1 is 1.21 bits per heavy atom. The number of hydrogen-bond acceptors (Lipinski definition) is 7. The van der Waals surface area contributed by atoms with Crippen LogP contribution in [0.15, 0.2) is 51.7 Å². The van der Waals surface area contributed by atoms with Gasteiger partial charge in [-0.3, -0.25) is 14.9 Å². The van der Waals surface area contributed by atoms with Gasteiger partial charge in [-0.25, -0.2) is 9.59 Å². The number of nitro groups is 1. The Labute approximate surface area is 164 Å². The number of carbonyl (C=O) groups is 2. The predicted octanol–water partition coefficient (Wildman–Crippen LogP) is 3.33. The molecule has 1 aromatic heterocycles. The summed E-state index contributed by atoms with van der Waals surface area (Å²) in [5.74, 6) is -1.16. The molecule has 29 heavy (non-hydrogen) atoms. The second kappa shape index (κ2) is 7.93. The van der Waals surface area contributed by atoms with Crippen molar-refractivity contribution < 1.29 is 23.7 Å². The maximum atomic E-state index is 12.4. The van der Waals surface area contributed by atoms with Crippen molar-refractivity contribution in [2.45, 2.75) is 20.5 Å². The standard InChI is InChI=1S/C20H16N2O7/c1-11-4-3-5-16(19(11)22(26)27)20(25)28-10-13-8-18(24)29-17-9-14(21-12(2)23)6-7-15(13)17/h3-9H,10H2,1-2H3,(H,21,23). The highest BCUT2D eigenvalue weighted by Gasteiger charge is 2.23. The lowest BCUT2D eigenvalue weighted by molar-refractivity contribution is -0.385. The Hall–Kier alpha value is -4.01. The summed E-state index contributed by atoms with van der Waals surface area (Å²) in [5.41, 5.74) is 0.194. The molecule has 9 nitrogen and oxygen atoms in total. The smallest absolute Gasteiger partial charge is 0.345 e. The lowest BCUT2D eigenvalue weighted by Gasteiger charge is -2.09. The minimum Gasteiger partial charge on any atom is -0.457 e. The number of fused-ring (bicyclic) bond motifs is 1. The zero-order valence-corrected chi connectivity index (χ0v) is 15.6. The van der Waals surface area contributed by atoms with Gasteiger partial charge in [-0.1, -0.05) is 12.1 Å². The van der Waals surface area contributed by atoms with Crippen molar-refractivity contribution in [1.29, 1.82) is 0 Å². The van der Waals surface area contributed by atoms with Crippen molar-refractivity contribution in [3.63, 3.8) is 0 Å². The lowest BCUT2D eigenvalue weighted by Crippen LogP contribution is -2.11. The van der Waals surface area contributed by atoms with Gasteiger partial charge in [0, 0.05) is 41.3 Å². The summed E-state index contributed by atoms with van der Waals surface area (Å²) in [6.07, 6.45) is 0. The Morgan fingerprint density at radius 3 is 2.66 bits per heavy atom. The molecule has 0 spiro atoms. The molecule has 0 unspecified atom stereocenters. The normalized spacial score (nSPS) is 10.6. The number of amides is 1. The Balaban J connectivity index is 1.90. The van der Waals surface area contributed by atoms with Gasteiger partial charge in [0.1, 0.15) is 17.8 Å². The summed E-state index contributed by atoms with van der Waals surface area (Å²) in [6.45, 7) is 2.59.